The van der Waals surface area contributed by atoms with Crippen LogP contribution >= 0.6 is 48.0 Å². The van der Waals surface area contributed by atoms with Crippen molar-refractivity contribution in [2.45, 2.75) is 38.1 Å². The third-order valence-corrected chi connectivity index (χ3v) is 5.48. The molecule has 132 valence electrons. The summed E-state index contributed by atoms with van der Waals surface area (Å²) in [5.74, 6) is 0.732. The Morgan fingerprint density at radius 3 is 2.26 bits per heavy atom. The minimum Gasteiger partial charge on any atom is -0.314 e. The fourth-order valence-electron chi connectivity index (χ4n) is 3.90. The second kappa shape index (κ2) is 10.3. The molecule has 0 aromatic heterocycles. The lowest BCUT2D eigenvalue weighted by Gasteiger charge is -2.41. The molecule has 3 rings (SSSR count). The van der Waals surface area contributed by atoms with Gasteiger partial charge < -0.3 is 5.32 Å². The Labute approximate surface area is 162 Å². The summed E-state index contributed by atoms with van der Waals surface area (Å²) in [7, 11) is 0. The zero-order valence-electron chi connectivity index (χ0n) is 13.3. The van der Waals surface area contributed by atoms with E-state index in [9.17, 15) is 0 Å². The number of hydrogen-bond acceptors (Lipinski definition) is 2. The topological polar surface area (TPSA) is 15.3 Å². The summed E-state index contributed by atoms with van der Waals surface area (Å²) in [6.45, 7) is 4.38. The zero-order chi connectivity index (χ0) is 14.7. The molecule has 6 heteroatoms. The van der Waals surface area contributed by atoms with Gasteiger partial charge in [0.15, 0.2) is 0 Å². The van der Waals surface area contributed by atoms with E-state index in [4.69, 9.17) is 23.2 Å². The van der Waals surface area contributed by atoms with Crippen molar-refractivity contribution in [3.05, 3.63) is 33.8 Å². The minimum absolute atomic E-state index is 0. The predicted octanol–water partition coefficient (Wildman–Crippen LogP) is 5.36. The van der Waals surface area contributed by atoms with Crippen LogP contribution in [0, 0.1) is 5.92 Å². The smallest absolute Gasteiger partial charge is 0.0468 e. The first-order valence-corrected chi connectivity index (χ1v) is 8.91. The van der Waals surface area contributed by atoms with Gasteiger partial charge in [-0.3, -0.25) is 4.90 Å². The van der Waals surface area contributed by atoms with Gasteiger partial charge in [-0.05, 0) is 36.5 Å². The average Bonchev–Trinajstić information content (AvgIpc) is 2.52. The Morgan fingerprint density at radius 2 is 1.65 bits per heavy atom. The Hall–Kier alpha value is 0.300. The molecule has 2 fully saturated rings. The molecular weight excluding hydrogens is 374 g/mol. The van der Waals surface area contributed by atoms with Crippen LogP contribution in [0.4, 0.5) is 0 Å². The molecule has 1 N–H and O–H groups in total. The van der Waals surface area contributed by atoms with Crippen LogP contribution in [0.15, 0.2) is 18.2 Å². The van der Waals surface area contributed by atoms with E-state index >= 15 is 0 Å². The predicted molar refractivity (Wildman–Crippen MR) is 105 cm³/mol. The van der Waals surface area contributed by atoms with E-state index in [1.807, 2.05) is 12.1 Å². The normalized spacial score (nSPS) is 21.1. The zero-order valence-corrected chi connectivity index (χ0v) is 16.4. The average molecular weight is 400 g/mol. The van der Waals surface area contributed by atoms with Gasteiger partial charge >= 0.3 is 0 Å². The first-order chi connectivity index (χ1) is 10.3. The molecule has 0 spiro atoms. The van der Waals surface area contributed by atoms with Crippen LogP contribution in [0.5, 0.6) is 0 Å². The van der Waals surface area contributed by atoms with Gasteiger partial charge in [-0.25, -0.2) is 0 Å². The highest BCUT2D eigenvalue weighted by atomic mass is 35.5. The fraction of sp³-hybridized carbons (Fsp3) is 0.647. The molecule has 2 aliphatic rings. The summed E-state index contributed by atoms with van der Waals surface area (Å²) >= 11 is 12.6. The first kappa shape index (κ1) is 21.3. The molecule has 1 heterocycles. The van der Waals surface area contributed by atoms with Gasteiger partial charge in [-0.15, -0.1) is 24.8 Å². The van der Waals surface area contributed by atoms with Gasteiger partial charge in [-0.1, -0.05) is 48.5 Å². The number of nitrogens with one attached hydrogen (secondary N) is 1. The Morgan fingerprint density at radius 1 is 1.00 bits per heavy atom. The van der Waals surface area contributed by atoms with E-state index in [1.54, 1.807) is 0 Å². The Bertz CT molecular complexity index is 454. The number of rotatable bonds is 3. The quantitative estimate of drug-likeness (QED) is 0.735. The molecule has 1 atom stereocenters. The molecular formula is C17H26Cl4N2. The van der Waals surface area contributed by atoms with Gasteiger partial charge in [0.1, 0.15) is 0 Å². The van der Waals surface area contributed by atoms with Crippen LogP contribution in [-0.4, -0.2) is 31.1 Å². The molecule has 1 aliphatic heterocycles. The molecule has 23 heavy (non-hydrogen) atoms. The van der Waals surface area contributed by atoms with Crippen LogP contribution in [0.25, 0.3) is 0 Å². The van der Waals surface area contributed by atoms with Crippen molar-refractivity contribution >= 4 is 48.0 Å². The summed E-state index contributed by atoms with van der Waals surface area (Å²) in [4.78, 5) is 2.63. The van der Waals surface area contributed by atoms with Gasteiger partial charge in [0.25, 0.3) is 0 Å². The Kier molecular flexibility index (Phi) is 9.58. The Balaban J connectivity index is 0.00000132. The van der Waals surface area contributed by atoms with Crippen LogP contribution < -0.4 is 5.32 Å². The molecule has 1 aliphatic carbocycles. The van der Waals surface area contributed by atoms with Crippen molar-refractivity contribution in [2.24, 2.45) is 5.92 Å². The summed E-state index contributed by atoms with van der Waals surface area (Å²) in [5.41, 5.74) is 1.27. The third-order valence-electron chi connectivity index (χ3n) is 4.92. The van der Waals surface area contributed by atoms with E-state index in [0.717, 1.165) is 42.1 Å². The lowest BCUT2D eigenvalue weighted by atomic mass is 9.80. The monoisotopic (exact) mass is 398 g/mol. The summed E-state index contributed by atoms with van der Waals surface area (Å²) < 4.78 is 0. The molecule has 1 saturated carbocycles. The van der Waals surface area contributed by atoms with E-state index in [1.165, 1.54) is 37.7 Å². The van der Waals surface area contributed by atoms with Gasteiger partial charge in [0, 0.05) is 42.3 Å². The maximum absolute atomic E-state index is 6.54. The van der Waals surface area contributed by atoms with Crippen molar-refractivity contribution in [3.8, 4) is 0 Å². The SMILES string of the molecule is Cl.Cl.Clc1ccc([C@@H](C2CCCCC2)N2CCNCC2)c(Cl)c1. The first-order valence-electron chi connectivity index (χ1n) is 8.15. The lowest BCUT2D eigenvalue weighted by Crippen LogP contribution is -2.47. The molecule has 2 nitrogen and oxygen atoms in total. The maximum Gasteiger partial charge on any atom is 0.0468 e. The van der Waals surface area contributed by atoms with E-state index in [-0.39, 0.29) is 24.8 Å². The van der Waals surface area contributed by atoms with E-state index in [0.29, 0.717) is 6.04 Å². The van der Waals surface area contributed by atoms with E-state index in [2.05, 4.69) is 16.3 Å². The number of halogens is 4. The van der Waals surface area contributed by atoms with Gasteiger partial charge in [-0.2, -0.15) is 0 Å². The third kappa shape index (κ3) is 5.39. The number of nitrogens with zero attached hydrogens (tertiary/aromatic N) is 1. The number of hydrogen-bond donors (Lipinski definition) is 1. The highest BCUT2D eigenvalue weighted by Crippen LogP contribution is 2.41. The second-order valence-electron chi connectivity index (χ2n) is 6.29. The largest absolute Gasteiger partial charge is 0.314 e. The molecule has 0 bridgehead atoms. The summed E-state index contributed by atoms with van der Waals surface area (Å²) in [6.07, 6.45) is 6.76. The van der Waals surface area contributed by atoms with Crippen molar-refractivity contribution < 1.29 is 0 Å². The second-order valence-corrected chi connectivity index (χ2v) is 7.14. The van der Waals surface area contributed by atoms with Gasteiger partial charge in [0.05, 0.1) is 0 Å². The van der Waals surface area contributed by atoms with E-state index < -0.39 is 0 Å². The molecule has 1 aromatic rings. The standard InChI is InChI=1S/C17H24Cl2N2.2ClH/c18-14-6-7-15(16(19)12-14)17(13-4-2-1-3-5-13)21-10-8-20-9-11-21;;/h6-7,12-13,17,20H,1-5,8-11H2;2*1H/t17-;;/m1../s1. The molecule has 0 amide bonds. The minimum atomic E-state index is 0. The fourth-order valence-corrected chi connectivity index (χ4v) is 4.42. The highest BCUT2D eigenvalue weighted by Gasteiger charge is 2.32. The summed E-state index contributed by atoms with van der Waals surface area (Å²) in [5, 5.41) is 5.01. The highest BCUT2D eigenvalue weighted by molar-refractivity contribution is 6.35. The van der Waals surface area contributed by atoms with Crippen LogP contribution in [0.3, 0.4) is 0 Å². The molecule has 1 saturated heterocycles. The van der Waals surface area contributed by atoms with Crippen molar-refractivity contribution in [1.82, 2.24) is 10.2 Å². The number of benzene rings is 1. The van der Waals surface area contributed by atoms with Crippen LogP contribution in [0.2, 0.25) is 10.0 Å². The van der Waals surface area contributed by atoms with Crippen LogP contribution in [0.1, 0.15) is 43.7 Å². The molecule has 0 unspecified atom stereocenters. The van der Waals surface area contributed by atoms with Gasteiger partial charge in [0.2, 0.25) is 0 Å². The molecule has 0 radical (unpaired) electrons. The van der Waals surface area contributed by atoms with Crippen molar-refractivity contribution in [3.63, 3.8) is 0 Å². The van der Waals surface area contributed by atoms with Crippen molar-refractivity contribution in [2.75, 3.05) is 26.2 Å². The summed E-state index contributed by atoms with van der Waals surface area (Å²) in [6, 6.07) is 6.49. The van der Waals surface area contributed by atoms with Crippen LogP contribution in [-0.2, 0) is 0 Å². The van der Waals surface area contributed by atoms with Crippen molar-refractivity contribution in [1.29, 1.82) is 0 Å². The molecule has 1 aromatic carbocycles. The maximum atomic E-state index is 6.54. The number of piperazine rings is 1. The lowest BCUT2D eigenvalue weighted by molar-refractivity contribution is 0.103.